The van der Waals surface area contributed by atoms with Crippen LogP contribution in [0, 0.1) is 6.92 Å². The van der Waals surface area contributed by atoms with Crippen LogP contribution >= 0.6 is 27.3 Å². The maximum Gasteiger partial charge on any atom is 0.300 e. The largest absolute Gasteiger partial charge is 0.429 e. The first-order valence-electron chi connectivity index (χ1n) is 5.33. The summed E-state index contributed by atoms with van der Waals surface area (Å²) in [6.45, 7) is 6.35. The van der Waals surface area contributed by atoms with Crippen LogP contribution in [-0.2, 0) is 0 Å². The van der Waals surface area contributed by atoms with E-state index in [1.807, 2.05) is 6.92 Å². The molecule has 17 heavy (non-hydrogen) atoms. The van der Waals surface area contributed by atoms with Gasteiger partial charge in [-0.2, -0.15) is 0 Å². The number of hydrogen-bond acceptors (Lipinski definition) is 4. The lowest BCUT2D eigenvalue weighted by molar-refractivity contribution is 0.468. The molecule has 3 nitrogen and oxygen atoms in total. The van der Waals surface area contributed by atoms with Gasteiger partial charge in [-0.1, -0.05) is 31.1 Å². The predicted octanol–water partition coefficient (Wildman–Crippen LogP) is 4.52. The summed E-state index contributed by atoms with van der Waals surface area (Å²) in [6.07, 6.45) is 0. The number of halogens is 1. The molecule has 0 N–H and O–H groups in total. The van der Waals surface area contributed by atoms with Crippen molar-refractivity contribution >= 4 is 27.3 Å². The summed E-state index contributed by atoms with van der Waals surface area (Å²) >= 11 is 4.64. The molecule has 5 heteroatoms. The fraction of sp³-hybridized carbons (Fsp3) is 0.333. The van der Waals surface area contributed by atoms with Gasteiger partial charge in [0.15, 0.2) is 3.92 Å². The molecular formula is C12H13BrN2OS. The average molecular weight is 313 g/mol. The first-order valence-corrected chi connectivity index (χ1v) is 6.94. The molecular weight excluding hydrogens is 300 g/mol. The Hall–Kier alpha value is -0.940. The van der Waals surface area contributed by atoms with E-state index in [0.29, 0.717) is 11.1 Å². The van der Waals surface area contributed by atoms with E-state index in [2.05, 4.69) is 58.2 Å². The van der Waals surface area contributed by atoms with Crippen LogP contribution in [-0.4, -0.2) is 10.2 Å². The maximum absolute atomic E-state index is 5.74. The summed E-state index contributed by atoms with van der Waals surface area (Å²) < 4.78 is 6.46. The molecule has 2 aromatic rings. The van der Waals surface area contributed by atoms with E-state index < -0.39 is 0 Å². The zero-order chi connectivity index (χ0) is 12.4. The van der Waals surface area contributed by atoms with Crippen molar-refractivity contribution in [1.29, 1.82) is 0 Å². The van der Waals surface area contributed by atoms with Gasteiger partial charge in [-0.25, -0.2) is 0 Å². The molecule has 0 unspecified atom stereocenters. The molecule has 1 aromatic carbocycles. The molecule has 0 aliphatic rings. The van der Waals surface area contributed by atoms with Gasteiger partial charge < -0.3 is 4.74 Å². The van der Waals surface area contributed by atoms with Crippen LogP contribution in [0.1, 0.15) is 30.9 Å². The molecule has 0 saturated heterocycles. The Morgan fingerprint density at radius 3 is 2.65 bits per heavy atom. The van der Waals surface area contributed by atoms with Crippen molar-refractivity contribution in [2.75, 3.05) is 0 Å². The molecule has 1 heterocycles. The second-order valence-electron chi connectivity index (χ2n) is 4.10. The minimum Gasteiger partial charge on any atom is -0.429 e. The Balaban J connectivity index is 2.28. The Morgan fingerprint density at radius 2 is 2.06 bits per heavy atom. The van der Waals surface area contributed by atoms with Crippen molar-refractivity contribution < 1.29 is 4.74 Å². The lowest BCUT2D eigenvalue weighted by atomic mass is 10.0. The van der Waals surface area contributed by atoms with Crippen molar-refractivity contribution in [3.63, 3.8) is 0 Å². The van der Waals surface area contributed by atoms with Gasteiger partial charge in [0.25, 0.3) is 5.19 Å². The Bertz CT molecular complexity index is 525. The molecule has 0 amide bonds. The summed E-state index contributed by atoms with van der Waals surface area (Å²) in [5.41, 5.74) is 2.36. The van der Waals surface area contributed by atoms with Gasteiger partial charge in [0.1, 0.15) is 5.75 Å². The van der Waals surface area contributed by atoms with Gasteiger partial charge in [-0.3, -0.25) is 0 Å². The molecule has 1 aromatic heterocycles. The first-order chi connectivity index (χ1) is 8.06. The zero-order valence-electron chi connectivity index (χ0n) is 9.90. The van der Waals surface area contributed by atoms with Gasteiger partial charge in [-0.15, -0.1) is 5.10 Å². The lowest BCUT2D eigenvalue weighted by Crippen LogP contribution is -1.92. The predicted molar refractivity (Wildman–Crippen MR) is 73.0 cm³/mol. The van der Waals surface area contributed by atoms with Crippen LogP contribution in [0.4, 0.5) is 0 Å². The quantitative estimate of drug-likeness (QED) is 0.835. The highest BCUT2D eigenvalue weighted by Gasteiger charge is 2.08. The third-order valence-corrected chi connectivity index (χ3v) is 3.69. The first kappa shape index (κ1) is 12.5. The topological polar surface area (TPSA) is 35.0 Å². The highest BCUT2D eigenvalue weighted by atomic mass is 79.9. The molecule has 0 aliphatic carbocycles. The van der Waals surface area contributed by atoms with Crippen molar-refractivity contribution in [2.24, 2.45) is 0 Å². The van der Waals surface area contributed by atoms with E-state index >= 15 is 0 Å². The van der Waals surface area contributed by atoms with E-state index in [1.54, 1.807) is 0 Å². The molecule has 2 rings (SSSR count). The van der Waals surface area contributed by atoms with Crippen molar-refractivity contribution in [3.05, 3.63) is 33.2 Å². The van der Waals surface area contributed by atoms with Gasteiger partial charge in [0.05, 0.1) is 0 Å². The molecule has 0 bridgehead atoms. The van der Waals surface area contributed by atoms with Crippen LogP contribution in [0.25, 0.3) is 0 Å². The summed E-state index contributed by atoms with van der Waals surface area (Å²) in [7, 11) is 0. The van der Waals surface area contributed by atoms with Gasteiger partial charge in [0, 0.05) is 0 Å². The third-order valence-electron chi connectivity index (χ3n) is 2.46. The minimum absolute atomic E-state index is 0.485. The normalized spacial score (nSPS) is 10.9. The van der Waals surface area contributed by atoms with Gasteiger partial charge in [0.2, 0.25) is 0 Å². The number of nitrogens with zero attached hydrogens (tertiary/aromatic N) is 2. The minimum atomic E-state index is 0.485. The van der Waals surface area contributed by atoms with E-state index in [9.17, 15) is 0 Å². The maximum atomic E-state index is 5.74. The Labute approximate surface area is 113 Å². The molecule has 0 saturated carbocycles. The van der Waals surface area contributed by atoms with E-state index in [4.69, 9.17) is 4.74 Å². The molecule has 0 aliphatic heterocycles. The molecule has 0 atom stereocenters. The highest BCUT2D eigenvalue weighted by molar-refractivity contribution is 9.11. The van der Waals surface area contributed by atoms with Crippen LogP contribution in [0.15, 0.2) is 22.1 Å². The van der Waals surface area contributed by atoms with Crippen LogP contribution in [0.2, 0.25) is 0 Å². The van der Waals surface area contributed by atoms with Crippen molar-refractivity contribution in [1.82, 2.24) is 10.2 Å². The van der Waals surface area contributed by atoms with Crippen LogP contribution in [0.5, 0.6) is 10.9 Å². The number of aryl methyl sites for hydroxylation is 1. The van der Waals surface area contributed by atoms with Crippen molar-refractivity contribution in [2.45, 2.75) is 26.7 Å². The highest BCUT2D eigenvalue weighted by Crippen LogP contribution is 2.31. The Morgan fingerprint density at radius 1 is 1.29 bits per heavy atom. The van der Waals surface area contributed by atoms with E-state index in [1.165, 1.54) is 16.9 Å². The number of rotatable bonds is 3. The monoisotopic (exact) mass is 312 g/mol. The second-order valence-corrected chi connectivity index (χ2v) is 6.32. The molecule has 90 valence electrons. The van der Waals surface area contributed by atoms with Gasteiger partial charge >= 0.3 is 0 Å². The molecule has 0 fully saturated rings. The summed E-state index contributed by atoms with van der Waals surface area (Å²) in [5, 5.41) is 8.34. The van der Waals surface area contributed by atoms with E-state index in [-0.39, 0.29) is 0 Å². The number of benzene rings is 1. The van der Waals surface area contributed by atoms with Crippen LogP contribution in [0.3, 0.4) is 0 Å². The summed E-state index contributed by atoms with van der Waals surface area (Å²) in [4.78, 5) is 0. The smallest absolute Gasteiger partial charge is 0.300 e. The number of hydrogen-bond donors (Lipinski definition) is 0. The average Bonchev–Trinajstić information content (AvgIpc) is 2.67. The number of aromatic nitrogens is 2. The lowest BCUT2D eigenvalue weighted by Gasteiger charge is -2.10. The molecule has 0 radical (unpaired) electrons. The third kappa shape index (κ3) is 3.04. The molecule has 0 spiro atoms. The standard InChI is InChI=1S/C12H13BrN2OS/c1-7(2)9-5-4-8(3)10(6-9)16-12-15-14-11(13)17-12/h4-7H,1-3H3. The second kappa shape index (κ2) is 5.14. The SMILES string of the molecule is Cc1ccc(C(C)C)cc1Oc1nnc(Br)s1. The van der Waals surface area contributed by atoms with Crippen molar-refractivity contribution in [3.8, 4) is 10.9 Å². The summed E-state index contributed by atoms with van der Waals surface area (Å²) in [6, 6.07) is 6.26. The van der Waals surface area contributed by atoms with Gasteiger partial charge in [-0.05, 0) is 57.3 Å². The summed E-state index contributed by atoms with van der Waals surface area (Å²) in [5.74, 6) is 1.33. The van der Waals surface area contributed by atoms with Crippen LogP contribution < -0.4 is 4.74 Å². The number of ether oxygens (including phenoxy) is 1. The fourth-order valence-electron chi connectivity index (χ4n) is 1.41. The van der Waals surface area contributed by atoms with E-state index in [0.717, 1.165) is 15.2 Å². The Kier molecular flexibility index (Phi) is 3.79. The zero-order valence-corrected chi connectivity index (χ0v) is 12.3. The fourth-order valence-corrected chi connectivity index (χ4v) is 2.35.